The van der Waals surface area contributed by atoms with Crippen molar-refractivity contribution in [1.82, 2.24) is 20.6 Å². The van der Waals surface area contributed by atoms with Gasteiger partial charge in [-0.1, -0.05) is 0 Å². The first-order chi connectivity index (χ1) is 4.34. The summed E-state index contributed by atoms with van der Waals surface area (Å²) >= 11 is 3.79. The highest BCUT2D eigenvalue weighted by Gasteiger charge is 2.08. The van der Waals surface area contributed by atoms with Gasteiger partial charge in [0.25, 0.3) is 0 Å². The number of hydrogen-bond acceptors (Lipinski definition) is 5. The third-order valence-corrected chi connectivity index (χ3v) is 1.08. The minimum Gasteiger partial charge on any atom is -0.289 e. The molecule has 0 bridgehead atoms. The highest BCUT2D eigenvalue weighted by atomic mass is 32.1. The molecule has 5 nitrogen and oxygen atoms in total. The van der Waals surface area contributed by atoms with E-state index >= 15 is 0 Å². The van der Waals surface area contributed by atoms with E-state index in [1.165, 1.54) is 0 Å². The molecule has 0 aromatic carbocycles. The number of nitrogens with zero attached hydrogens (tertiary/aromatic N) is 3. The van der Waals surface area contributed by atoms with Gasteiger partial charge < -0.3 is 0 Å². The van der Waals surface area contributed by atoms with E-state index in [1.54, 1.807) is 6.29 Å². The lowest BCUT2D eigenvalue weighted by Crippen LogP contribution is -1.93. The molecule has 1 aromatic heterocycles. The zero-order valence-corrected chi connectivity index (χ0v) is 5.17. The summed E-state index contributed by atoms with van der Waals surface area (Å²) in [5.74, 6) is 0.313. The van der Waals surface area contributed by atoms with Crippen molar-refractivity contribution in [2.45, 2.75) is 5.25 Å². The van der Waals surface area contributed by atoms with Gasteiger partial charge >= 0.3 is 0 Å². The van der Waals surface area contributed by atoms with E-state index in [1.807, 2.05) is 0 Å². The highest BCUT2D eigenvalue weighted by Crippen LogP contribution is 2.08. The van der Waals surface area contributed by atoms with Crippen LogP contribution in [0.2, 0.25) is 0 Å². The lowest BCUT2D eigenvalue weighted by atomic mass is 10.4. The van der Waals surface area contributed by atoms with Crippen LogP contribution in [0.3, 0.4) is 0 Å². The van der Waals surface area contributed by atoms with E-state index in [4.69, 9.17) is 0 Å². The minimum atomic E-state index is -0.667. The predicted molar refractivity (Wildman–Crippen MR) is 31.6 cm³/mol. The van der Waals surface area contributed by atoms with Crippen LogP contribution in [-0.4, -0.2) is 26.9 Å². The second kappa shape index (κ2) is 2.58. The number of rotatable bonds is 2. The van der Waals surface area contributed by atoms with Gasteiger partial charge in [0.15, 0.2) is 5.82 Å². The van der Waals surface area contributed by atoms with Gasteiger partial charge in [0.2, 0.25) is 6.29 Å². The molecule has 0 amide bonds. The number of aromatic nitrogens is 4. The van der Waals surface area contributed by atoms with E-state index in [0.29, 0.717) is 5.82 Å². The molecule has 0 aliphatic carbocycles. The summed E-state index contributed by atoms with van der Waals surface area (Å²) in [5, 5.41) is 11.6. The molecule has 0 aliphatic heterocycles. The molecular formula is C3H3N4OS. The molecule has 1 N–H and O–H groups in total. The summed E-state index contributed by atoms with van der Waals surface area (Å²) in [4.78, 5) is 9.89. The number of tetrazole rings is 1. The fourth-order valence-electron chi connectivity index (χ4n) is 0.338. The Morgan fingerprint density at radius 1 is 1.78 bits per heavy atom. The Balaban J connectivity index is 2.76. The van der Waals surface area contributed by atoms with Crippen LogP contribution in [0.15, 0.2) is 0 Å². The van der Waals surface area contributed by atoms with Gasteiger partial charge in [-0.2, -0.15) is 12.6 Å². The van der Waals surface area contributed by atoms with Crippen LogP contribution < -0.4 is 0 Å². The van der Waals surface area contributed by atoms with Crippen LogP contribution in [0, 0.1) is 0 Å². The van der Waals surface area contributed by atoms with Gasteiger partial charge in [0.05, 0.1) is 0 Å². The summed E-state index contributed by atoms with van der Waals surface area (Å²) in [6.07, 6.45) is 1.61. The Morgan fingerprint density at radius 3 is 3.00 bits per heavy atom. The standard InChI is InChI=1S/C3H3N4OS/c8-1-2(9)3-4-6-7-5-3/h2,9H,(H,4,5,6,7). The Bertz CT molecular complexity index is 186. The average Bonchev–Trinajstić information content (AvgIpc) is 2.37. The molecule has 0 aliphatic rings. The molecule has 1 atom stereocenters. The largest absolute Gasteiger partial charge is 0.289 e. The van der Waals surface area contributed by atoms with Crippen LogP contribution in [0.25, 0.3) is 0 Å². The smallest absolute Gasteiger partial charge is 0.220 e. The summed E-state index contributed by atoms with van der Waals surface area (Å²) in [6, 6.07) is 0. The lowest BCUT2D eigenvalue weighted by molar-refractivity contribution is 0.553. The first kappa shape index (κ1) is 6.21. The van der Waals surface area contributed by atoms with E-state index in [-0.39, 0.29) is 0 Å². The number of hydrogen-bond donors (Lipinski definition) is 2. The highest BCUT2D eigenvalue weighted by molar-refractivity contribution is 7.81. The number of H-pyrrole nitrogens is 1. The van der Waals surface area contributed by atoms with Gasteiger partial charge in [0, 0.05) is 0 Å². The maximum Gasteiger partial charge on any atom is 0.220 e. The van der Waals surface area contributed by atoms with Gasteiger partial charge in [-0.25, -0.2) is 5.10 Å². The average molecular weight is 143 g/mol. The Labute approximate surface area is 56.3 Å². The Hall–Kier alpha value is -0.910. The van der Waals surface area contributed by atoms with Crippen LogP contribution in [0.4, 0.5) is 0 Å². The first-order valence-corrected chi connectivity index (χ1v) is 2.65. The van der Waals surface area contributed by atoms with Crippen molar-refractivity contribution in [3.63, 3.8) is 0 Å². The van der Waals surface area contributed by atoms with E-state index in [9.17, 15) is 4.79 Å². The van der Waals surface area contributed by atoms with Crippen LogP contribution in [0.5, 0.6) is 0 Å². The fraction of sp³-hybridized carbons (Fsp3) is 0.333. The molecule has 1 heterocycles. The molecular weight excluding hydrogens is 140 g/mol. The number of carbonyl (C=O) groups excluding carboxylic acids is 1. The number of thiol groups is 1. The third kappa shape index (κ3) is 1.26. The molecule has 0 spiro atoms. The first-order valence-electron chi connectivity index (χ1n) is 2.14. The monoisotopic (exact) mass is 143 g/mol. The van der Waals surface area contributed by atoms with Crippen molar-refractivity contribution in [3.05, 3.63) is 5.82 Å². The molecule has 0 fully saturated rings. The van der Waals surface area contributed by atoms with E-state index in [2.05, 4.69) is 33.3 Å². The SMILES string of the molecule is O=[C]C(S)c1nnn[nH]1. The summed E-state index contributed by atoms with van der Waals surface area (Å²) < 4.78 is 0. The van der Waals surface area contributed by atoms with Gasteiger partial charge in [0.1, 0.15) is 5.25 Å². The molecule has 1 unspecified atom stereocenters. The molecule has 9 heavy (non-hydrogen) atoms. The molecule has 0 saturated carbocycles. The summed E-state index contributed by atoms with van der Waals surface area (Å²) in [7, 11) is 0. The lowest BCUT2D eigenvalue weighted by Gasteiger charge is -1.88. The maximum atomic E-state index is 9.89. The second-order valence-electron chi connectivity index (χ2n) is 1.31. The summed E-state index contributed by atoms with van der Waals surface area (Å²) in [6.45, 7) is 0. The quantitative estimate of drug-likeness (QED) is 0.536. The van der Waals surface area contributed by atoms with Crippen molar-refractivity contribution < 1.29 is 4.79 Å². The number of aromatic amines is 1. The zero-order chi connectivity index (χ0) is 6.69. The topological polar surface area (TPSA) is 71.5 Å². The minimum absolute atomic E-state index is 0.313. The van der Waals surface area contributed by atoms with Crippen molar-refractivity contribution >= 4 is 18.9 Å². The van der Waals surface area contributed by atoms with Crippen molar-refractivity contribution in [2.24, 2.45) is 0 Å². The molecule has 47 valence electrons. The summed E-state index contributed by atoms with van der Waals surface area (Å²) in [5.41, 5.74) is 0. The van der Waals surface area contributed by atoms with Crippen LogP contribution >= 0.6 is 12.6 Å². The van der Waals surface area contributed by atoms with E-state index < -0.39 is 5.25 Å². The van der Waals surface area contributed by atoms with Crippen molar-refractivity contribution in [3.8, 4) is 0 Å². The fourth-order valence-corrected chi connectivity index (χ4v) is 0.448. The molecule has 1 aromatic rings. The van der Waals surface area contributed by atoms with Crippen molar-refractivity contribution in [1.29, 1.82) is 0 Å². The van der Waals surface area contributed by atoms with Gasteiger partial charge in [-0.05, 0) is 10.4 Å². The number of nitrogens with one attached hydrogen (secondary N) is 1. The molecule has 0 saturated heterocycles. The van der Waals surface area contributed by atoms with E-state index in [0.717, 1.165) is 0 Å². The van der Waals surface area contributed by atoms with Gasteiger partial charge in [-0.3, -0.25) is 4.79 Å². The third-order valence-electron chi connectivity index (χ3n) is 0.732. The normalized spacial score (nSPS) is 13.0. The molecule has 1 rings (SSSR count). The Kier molecular flexibility index (Phi) is 1.78. The second-order valence-corrected chi connectivity index (χ2v) is 1.82. The Morgan fingerprint density at radius 2 is 2.56 bits per heavy atom. The maximum absolute atomic E-state index is 9.89. The van der Waals surface area contributed by atoms with Crippen LogP contribution in [0.1, 0.15) is 11.1 Å². The molecule has 1 radical (unpaired) electrons. The van der Waals surface area contributed by atoms with Crippen molar-refractivity contribution in [2.75, 3.05) is 0 Å². The van der Waals surface area contributed by atoms with Gasteiger partial charge in [-0.15, -0.1) is 5.10 Å². The molecule has 6 heteroatoms. The predicted octanol–water partition coefficient (Wildman–Crippen LogP) is -0.720. The zero-order valence-electron chi connectivity index (χ0n) is 4.27. The van der Waals surface area contributed by atoms with Crippen LogP contribution in [-0.2, 0) is 4.79 Å².